The van der Waals surface area contributed by atoms with Gasteiger partial charge in [-0.15, -0.1) is 0 Å². The van der Waals surface area contributed by atoms with E-state index < -0.39 is 17.9 Å². The first-order chi connectivity index (χ1) is 7.19. The molecular formula is C10H16O5. The van der Waals surface area contributed by atoms with Gasteiger partial charge in [0.05, 0.1) is 14.2 Å². The van der Waals surface area contributed by atoms with Gasteiger partial charge >= 0.3 is 11.9 Å². The van der Waals surface area contributed by atoms with Gasteiger partial charge < -0.3 is 14.2 Å². The molecule has 15 heavy (non-hydrogen) atoms. The molecule has 1 heterocycles. The van der Waals surface area contributed by atoms with E-state index in [4.69, 9.17) is 4.74 Å². The standard InChI is InChI=1S/C10H16O5/c1-13-9(11)8(10(12)14-2)5-7-3-4-15-6-7/h7-8H,3-6H2,1-2H3. The highest BCUT2D eigenvalue weighted by atomic mass is 16.5. The lowest BCUT2D eigenvalue weighted by Crippen LogP contribution is -2.28. The number of hydrogen-bond acceptors (Lipinski definition) is 5. The van der Waals surface area contributed by atoms with E-state index in [1.54, 1.807) is 0 Å². The van der Waals surface area contributed by atoms with E-state index in [2.05, 4.69) is 9.47 Å². The zero-order chi connectivity index (χ0) is 11.3. The highest BCUT2D eigenvalue weighted by Gasteiger charge is 2.32. The average Bonchev–Trinajstić information content (AvgIpc) is 2.76. The molecule has 0 aromatic carbocycles. The van der Waals surface area contributed by atoms with E-state index in [9.17, 15) is 9.59 Å². The Bertz CT molecular complexity index is 216. The molecule has 86 valence electrons. The molecular weight excluding hydrogens is 200 g/mol. The monoisotopic (exact) mass is 216 g/mol. The molecule has 1 aliphatic heterocycles. The molecule has 5 heteroatoms. The van der Waals surface area contributed by atoms with Gasteiger partial charge in [-0.1, -0.05) is 0 Å². The molecule has 1 fully saturated rings. The van der Waals surface area contributed by atoms with Crippen LogP contribution in [-0.2, 0) is 23.8 Å². The van der Waals surface area contributed by atoms with Crippen molar-refractivity contribution < 1.29 is 23.8 Å². The molecule has 0 aromatic heterocycles. The van der Waals surface area contributed by atoms with Crippen LogP contribution in [-0.4, -0.2) is 39.4 Å². The molecule has 5 nitrogen and oxygen atoms in total. The van der Waals surface area contributed by atoms with Crippen LogP contribution in [0.1, 0.15) is 12.8 Å². The number of ether oxygens (including phenoxy) is 3. The van der Waals surface area contributed by atoms with Gasteiger partial charge in [-0.05, 0) is 18.8 Å². The number of methoxy groups -OCH3 is 2. The SMILES string of the molecule is COC(=O)C(CC1CCOC1)C(=O)OC. The Kier molecular flexibility index (Phi) is 4.55. The van der Waals surface area contributed by atoms with Gasteiger partial charge in [0.2, 0.25) is 0 Å². The Hall–Kier alpha value is -1.10. The second kappa shape index (κ2) is 5.70. The van der Waals surface area contributed by atoms with Crippen LogP contribution in [0.5, 0.6) is 0 Å². The van der Waals surface area contributed by atoms with Crippen molar-refractivity contribution in [2.24, 2.45) is 11.8 Å². The fourth-order valence-corrected chi connectivity index (χ4v) is 1.68. The Morgan fingerprint density at radius 1 is 1.33 bits per heavy atom. The molecule has 0 saturated carbocycles. The van der Waals surface area contributed by atoms with Crippen molar-refractivity contribution in [3.05, 3.63) is 0 Å². The molecule has 1 rings (SSSR count). The Labute approximate surface area is 88.7 Å². The molecule has 0 radical (unpaired) electrons. The van der Waals surface area contributed by atoms with E-state index in [0.717, 1.165) is 6.42 Å². The number of hydrogen-bond donors (Lipinski definition) is 0. The molecule has 1 aliphatic rings. The zero-order valence-electron chi connectivity index (χ0n) is 9.02. The molecule has 1 atom stereocenters. The second-order valence-electron chi connectivity index (χ2n) is 3.56. The number of carbonyl (C=O) groups excluding carboxylic acids is 2. The number of carbonyl (C=O) groups is 2. The van der Waals surface area contributed by atoms with E-state index in [1.807, 2.05) is 0 Å². The second-order valence-corrected chi connectivity index (χ2v) is 3.56. The van der Waals surface area contributed by atoms with Crippen molar-refractivity contribution in [2.75, 3.05) is 27.4 Å². The van der Waals surface area contributed by atoms with Crippen molar-refractivity contribution >= 4 is 11.9 Å². The van der Waals surface area contributed by atoms with Crippen LogP contribution in [0, 0.1) is 11.8 Å². The van der Waals surface area contributed by atoms with Crippen LogP contribution in [0.25, 0.3) is 0 Å². The minimum Gasteiger partial charge on any atom is -0.468 e. The summed E-state index contributed by atoms with van der Waals surface area (Å²) in [6.07, 6.45) is 1.32. The van der Waals surface area contributed by atoms with Gasteiger partial charge in [0, 0.05) is 13.2 Å². The van der Waals surface area contributed by atoms with E-state index in [0.29, 0.717) is 19.6 Å². The van der Waals surface area contributed by atoms with Gasteiger partial charge in [0.25, 0.3) is 0 Å². The highest BCUT2D eigenvalue weighted by molar-refractivity contribution is 5.94. The summed E-state index contributed by atoms with van der Waals surface area (Å²) in [5.41, 5.74) is 0. The summed E-state index contributed by atoms with van der Waals surface area (Å²) >= 11 is 0. The average molecular weight is 216 g/mol. The number of rotatable bonds is 4. The first kappa shape index (κ1) is 12.0. The summed E-state index contributed by atoms with van der Waals surface area (Å²) in [5.74, 6) is -1.64. The van der Waals surface area contributed by atoms with Crippen LogP contribution < -0.4 is 0 Å². The molecule has 0 N–H and O–H groups in total. The molecule has 0 spiro atoms. The maximum atomic E-state index is 11.3. The van der Waals surface area contributed by atoms with E-state index >= 15 is 0 Å². The van der Waals surface area contributed by atoms with Crippen molar-refractivity contribution in [1.29, 1.82) is 0 Å². The van der Waals surface area contributed by atoms with Crippen molar-refractivity contribution in [1.82, 2.24) is 0 Å². The summed E-state index contributed by atoms with van der Waals surface area (Å²) in [6, 6.07) is 0. The smallest absolute Gasteiger partial charge is 0.320 e. The first-order valence-electron chi connectivity index (χ1n) is 4.92. The summed E-state index contributed by atoms with van der Waals surface area (Å²) in [5, 5.41) is 0. The van der Waals surface area contributed by atoms with Crippen LogP contribution in [0.2, 0.25) is 0 Å². The lowest BCUT2D eigenvalue weighted by molar-refractivity contribution is -0.159. The van der Waals surface area contributed by atoms with Gasteiger partial charge in [-0.3, -0.25) is 9.59 Å². The highest BCUT2D eigenvalue weighted by Crippen LogP contribution is 2.22. The first-order valence-corrected chi connectivity index (χ1v) is 4.92. The largest absolute Gasteiger partial charge is 0.468 e. The summed E-state index contributed by atoms with van der Waals surface area (Å²) in [7, 11) is 2.53. The van der Waals surface area contributed by atoms with Gasteiger partial charge in [0.1, 0.15) is 0 Å². The van der Waals surface area contributed by atoms with Crippen LogP contribution in [0.3, 0.4) is 0 Å². The van der Waals surface area contributed by atoms with E-state index in [1.165, 1.54) is 14.2 Å². The van der Waals surface area contributed by atoms with Crippen LogP contribution >= 0.6 is 0 Å². The van der Waals surface area contributed by atoms with Crippen molar-refractivity contribution in [2.45, 2.75) is 12.8 Å². The molecule has 0 amide bonds. The third kappa shape index (κ3) is 3.20. The molecule has 0 aromatic rings. The Morgan fingerprint density at radius 2 is 1.93 bits per heavy atom. The predicted octanol–water partition coefficient (Wildman–Crippen LogP) is 0.375. The Morgan fingerprint density at radius 3 is 2.33 bits per heavy atom. The minimum absolute atomic E-state index is 0.244. The Balaban J connectivity index is 2.55. The predicted molar refractivity (Wildman–Crippen MR) is 51.1 cm³/mol. The van der Waals surface area contributed by atoms with E-state index in [-0.39, 0.29) is 5.92 Å². The maximum absolute atomic E-state index is 11.3. The molecule has 0 bridgehead atoms. The van der Waals surface area contributed by atoms with Gasteiger partial charge in [-0.2, -0.15) is 0 Å². The topological polar surface area (TPSA) is 61.8 Å². The van der Waals surface area contributed by atoms with Crippen molar-refractivity contribution in [3.8, 4) is 0 Å². The fourth-order valence-electron chi connectivity index (χ4n) is 1.68. The zero-order valence-corrected chi connectivity index (χ0v) is 9.02. The quantitative estimate of drug-likeness (QED) is 0.502. The molecule has 1 saturated heterocycles. The minimum atomic E-state index is -0.813. The number of esters is 2. The van der Waals surface area contributed by atoms with Crippen LogP contribution in [0.4, 0.5) is 0 Å². The maximum Gasteiger partial charge on any atom is 0.320 e. The fraction of sp³-hybridized carbons (Fsp3) is 0.800. The third-order valence-electron chi connectivity index (χ3n) is 2.56. The molecule has 1 unspecified atom stereocenters. The van der Waals surface area contributed by atoms with Crippen LogP contribution in [0.15, 0.2) is 0 Å². The lowest BCUT2D eigenvalue weighted by atomic mass is 9.94. The normalized spacial score (nSPS) is 20.3. The summed E-state index contributed by atoms with van der Waals surface area (Å²) in [4.78, 5) is 22.7. The summed E-state index contributed by atoms with van der Waals surface area (Å²) in [6.45, 7) is 1.30. The molecule has 0 aliphatic carbocycles. The summed E-state index contributed by atoms with van der Waals surface area (Å²) < 4.78 is 14.3. The van der Waals surface area contributed by atoms with Crippen molar-refractivity contribution in [3.63, 3.8) is 0 Å². The third-order valence-corrected chi connectivity index (χ3v) is 2.56. The van der Waals surface area contributed by atoms with Gasteiger partial charge in [0.15, 0.2) is 5.92 Å². The lowest BCUT2D eigenvalue weighted by Gasteiger charge is -2.15. The van der Waals surface area contributed by atoms with Gasteiger partial charge in [-0.25, -0.2) is 0 Å².